The van der Waals surface area contributed by atoms with Crippen molar-refractivity contribution in [1.82, 2.24) is 0 Å². The fraction of sp³-hybridized carbons (Fsp3) is 0.167. The zero-order valence-corrected chi connectivity index (χ0v) is 16.7. The first-order chi connectivity index (χ1) is 14.7. The average Bonchev–Trinajstić information content (AvgIpc) is 2.73. The molecule has 3 aromatic rings. The number of carboxylic acids is 1. The van der Waals surface area contributed by atoms with Gasteiger partial charge >= 0.3 is 12.1 Å². The van der Waals surface area contributed by atoms with E-state index in [1.807, 2.05) is 42.5 Å². The van der Waals surface area contributed by atoms with Gasteiger partial charge in [-0.2, -0.15) is 13.2 Å². The third-order valence-electron chi connectivity index (χ3n) is 4.61. The third kappa shape index (κ3) is 6.18. The van der Waals surface area contributed by atoms with Crippen LogP contribution < -0.4 is 0 Å². The fourth-order valence-corrected chi connectivity index (χ4v) is 3.03. The van der Waals surface area contributed by atoms with Crippen LogP contribution in [-0.2, 0) is 28.8 Å². The van der Waals surface area contributed by atoms with Crippen molar-refractivity contribution in [2.45, 2.75) is 26.1 Å². The van der Waals surface area contributed by atoms with Crippen LogP contribution in [0.4, 0.5) is 13.2 Å². The molecule has 0 spiro atoms. The van der Waals surface area contributed by atoms with E-state index >= 15 is 0 Å². The molecule has 0 aromatic heterocycles. The number of rotatable bonds is 7. The number of hydrogen-bond donors (Lipinski definition) is 1. The quantitative estimate of drug-likeness (QED) is 0.375. The minimum atomic E-state index is -4.40. The first-order valence-corrected chi connectivity index (χ1v) is 9.46. The van der Waals surface area contributed by atoms with Gasteiger partial charge in [-0.05, 0) is 46.9 Å². The first kappa shape index (κ1) is 22.1. The molecule has 0 unspecified atom stereocenters. The highest BCUT2D eigenvalue weighted by atomic mass is 19.4. The highest BCUT2D eigenvalue weighted by Crippen LogP contribution is 2.29. The Morgan fingerprint density at radius 3 is 2.29 bits per heavy atom. The smallest absolute Gasteiger partial charge is 0.416 e. The lowest BCUT2D eigenvalue weighted by molar-refractivity contribution is -0.138. The molecule has 0 heterocycles. The predicted molar refractivity (Wildman–Crippen MR) is 112 cm³/mol. The van der Waals surface area contributed by atoms with Crippen molar-refractivity contribution >= 4 is 11.7 Å². The van der Waals surface area contributed by atoms with Crippen molar-refractivity contribution in [2.75, 3.05) is 0 Å². The van der Waals surface area contributed by atoms with E-state index in [-0.39, 0.29) is 13.0 Å². The van der Waals surface area contributed by atoms with Crippen molar-refractivity contribution in [3.8, 4) is 11.1 Å². The number of carboxylic acid groups (broad SMARTS) is 1. The Morgan fingerprint density at radius 1 is 0.935 bits per heavy atom. The number of benzene rings is 3. The first-order valence-electron chi connectivity index (χ1n) is 9.46. The van der Waals surface area contributed by atoms with Crippen LogP contribution in [0.2, 0.25) is 0 Å². The number of aliphatic carboxylic acids is 1. The molecule has 0 aliphatic rings. The Bertz CT molecular complexity index is 1090. The summed E-state index contributed by atoms with van der Waals surface area (Å²) >= 11 is 0. The van der Waals surface area contributed by atoms with Crippen molar-refractivity contribution in [3.63, 3.8) is 0 Å². The van der Waals surface area contributed by atoms with Gasteiger partial charge < -0.3 is 9.94 Å². The van der Waals surface area contributed by atoms with Crippen LogP contribution in [0, 0.1) is 0 Å². The number of nitrogens with zero attached hydrogens (tertiary/aromatic N) is 1. The van der Waals surface area contributed by atoms with Gasteiger partial charge in [-0.1, -0.05) is 65.8 Å². The molecule has 1 N–H and O–H groups in total. The molecule has 7 heteroatoms. The SMILES string of the molecule is CC(=NOCc1cccc(C(F)(F)F)c1)c1ccc(-c2cccc(CC(=O)O)c2)cc1. The van der Waals surface area contributed by atoms with Gasteiger partial charge in [0.15, 0.2) is 0 Å². The molecule has 0 aliphatic heterocycles. The molecule has 0 fully saturated rings. The molecule has 0 bridgehead atoms. The van der Waals surface area contributed by atoms with Crippen molar-refractivity contribution < 1.29 is 27.9 Å². The summed E-state index contributed by atoms with van der Waals surface area (Å²) in [5.74, 6) is -0.885. The zero-order chi connectivity index (χ0) is 22.4. The van der Waals surface area contributed by atoms with E-state index in [2.05, 4.69) is 5.16 Å². The zero-order valence-electron chi connectivity index (χ0n) is 16.7. The van der Waals surface area contributed by atoms with Gasteiger partial charge in [-0.3, -0.25) is 4.79 Å². The predicted octanol–water partition coefficient (Wildman–Crippen LogP) is 5.94. The molecule has 160 valence electrons. The maximum Gasteiger partial charge on any atom is 0.416 e. The molecule has 0 atom stereocenters. The minimum Gasteiger partial charge on any atom is -0.481 e. The molecule has 31 heavy (non-hydrogen) atoms. The molecule has 3 rings (SSSR count). The number of oxime groups is 1. The summed E-state index contributed by atoms with van der Waals surface area (Å²) in [6.45, 7) is 1.67. The van der Waals surface area contributed by atoms with Gasteiger partial charge in [0, 0.05) is 0 Å². The van der Waals surface area contributed by atoms with E-state index in [9.17, 15) is 18.0 Å². The summed E-state index contributed by atoms with van der Waals surface area (Å²) in [4.78, 5) is 16.1. The summed E-state index contributed by atoms with van der Waals surface area (Å²) in [5, 5.41) is 12.9. The number of halogens is 3. The van der Waals surface area contributed by atoms with E-state index < -0.39 is 17.7 Å². The van der Waals surface area contributed by atoms with Gasteiger partial charge in [0.1, 0.15) is 6.61 Å². The fourth-order valence-electron chi connectivity index (χ4n) is 3.03. The van der Waals surface area contributed by atoms with E-state index in [4.69, 9.17) is 9.94 Å². The lowest BCUT2D eigenvalue weighted by atomic mass is 10.00. The Morgan fingerprint density at radius 2 is 1.61 bits per heavy atom. The Kier molecular flexibility index (Phi) is 6.74. The largest absolute Gasteiger partial charge is 0.481 e. The summed E-state index contributed by atoms with van der Waals surface area (Å²) in [5.41, 5.74) is 3.58. The maximum absolute atomic E-state index is 12.8. The lowest BCUT2D eigenvalue weighted by Gasteiger charge is -2.09. The highest BCUT2D eigenvalue weighted by Gasteiger charge is 2.30. The van der Waals surface area contributed by atoms with E-state index in [1.165, 1.54) is 6.07 Å². The molecule has 0 amide bonds. The van der Waals surface area contributed by atoms with Crippen LogP contribution in [-0.4, -0.2) is 16.8 Å². The van der Waals surface area contributed by atoms with Crippen LogP contribution in [0.1, 0.15) is 29.2 Å². The molecule has 3 aromatic carbocycles. The van der Waals surface area contributed by atoms with E-state index in [1.54, 1.807) is 19.1 Å². The Hall–Kier alpha value is -3.61. The topological polar surface area (TPSA) is 58.9 Å². The summed E-state index contributed by atoms with van der Waals surface area (Å²) in [6.07, 6.45) is -4.44. The summed E-state index contributed by atoms with van der Waals surface area (Å²) in [6, 6.07) is 19.7. The van der Waals surface area contributed by atoms with Crippen LogP contribution in [0.25, 0.3) is 11.1 Å². The second-order valence-corrected chi connectivity index (χ2v) is 7.00. The van der Waals surface area contributed by atoms with Gasteiger partial charge in [0.2, 0.25) is 0 Å². The molecule has 0 saturated heterocycles. The van der Waals surface area contributed by atoms with Gasteiger partial charge in [-0.15, -0.1) is 0 Å². The second-order valence-electron chi connectivity index (χ2n) is 7.00. The molecule has 0 aliphatic carbocycles. The minimum absolute atomic E-state index is 0.0408. The molecule has 4 nitrogen and oxygen atoms in total. The molecular formula is C24H20F3NO3. The second kappa shape index (κ2) is 9.47. The van der Waals surface area contributed by atoms with Crippen LogP contribution in [0.15, 0.2) is 78.0 Å². The maximum atomic E-state index is 12.8. The number of carbonyl (C=O) groups is 1. The number of hydrogen-bond acceptors (Lipinski definition) is 3. The third-order valence-corrected chi connectivity index (χ3v) is 4.61. The van der Waals surface area contributed by atoms with Gasteiger partial charge in [-0.25, -0.2) is 0 Å². The van der Waals surface area contributed by atoms with Gasteiger partial charge in [0.25, 0.3) is 0 Å². The Labute approximate surface area is 177 Å². The summed E-state index contributed by atoms with van der Waals surface area (Å²) < 4.78 is 38.3. The summed E-state index contributed by atoms with van der Waals surface area (Å²) in [7, 11) is 0. The monoisotopic (exact) mass is 427 g/mol. The lowest BCUT2D eigenvalue weighted by Crippen LogP contribution is -2.05. The Balaban J connectivity index is 1.66. The number of alkyl halides is 3. The molecule has 0 saturated carbocycles. The van der Waals surface area contributed by atoms with Crippen LogP contribution >= 0.6 is 0 Å². The van der Waals surface area contributed by atoms with Crippen LogP contribution in [0.3, 0.4) is 0 Å². The normalized spacial score (nSPS) is 11.9. The van der Waals surface area contributed by atoms with Gasteiger partial charge in [0.05, 0.1) is 17.7 Å². The molecule has 0 radical (unpaired) electrons. The average molecular weight is 427 g/mol. The van der Waals surface area contributed by atoms with E-state index in [0.717, 1.165) is 34.4 Å². The molecular weight excluding hydrogens is 407 g/mol. The van der Waals surface area contributed by atoms with Crippen molar-refractivity contribution in [2.24, 2.45) is 5.16 Å². The van der Waals surface area contributed by atoms with E-state index in [0.29, 0.717) is 11.3 Å². The highest BCUT2D eigenvalue weighted by molar-refractivity contribution is 5.98. The van der Waals surface area contributed by atoms with Crippen molar-refractivity contribution in [3.05, 3.63) is 95.1 Å². The van der Waals surface area contributed by atoms with Crippen LogP contribution in [0.5, 0.6) is 0 Å². The standard InChI is InChI=1S/C24H20F3NO3/c1-16(28-31-15-18-5-3-7-22(13-18)24(25,26)27)19-8-10-20(11-9-19)21-6-2-4-17(12-21)14-23(29)30/h2-13H,14-15H2,1H3,(H,29,30). The van der Waals surface area contributed by atoms with Crippen molar-refractivity contribution in [1.29, 1.82) is 0 Å².